The molecule has 36 heavy (non-hydrogen) atoms. The first-order chi connectivity index (χ1) is 17.1. The summed E-state index contributed by atoms with van der Waals surface area (Å²) in [5.74, 6) is -2.06. The van der Waals surface area contributed by atoms with Gasteiger partial charge < -0.3 is 19.5 Å². The van der Waals surface area contributed by atoms with Crippen LogP contribution in [-0.2, 0) is 30.3 Å². The Morgan fingerprint density at radius 3 is 2.33 bits per heavy atom. The van der Waals surface area contributed by atoms with Crippen molar-refractivity contribution in [3.05, 3.63) is 35.9 Å². The van der Waals surface area contributed by atoms with Crippen molar-refractivity contribution in [1.29, 1.82) is 0 Å². The quantitative estimate of drug-likeness (QED) is 0.368. The molecule has 5 atom stereocenters. The van der Waals surface area contributed by atoms with Gasteiger partial charge in [0.15, 0.2) is 6.10 Å². The van der Waals surface area contributed by atoms with Gasteiger partial charge in [0.25, 0.3) is 5.91 Å². The number of hydrogen-bond donors (Lipinski definition) is 1. The molecular weight excluding hydrogens is 458 g/mol. The number of carbonyl (C=O) groups excluding carboxylic acids is 3. The predicted octanol–water partition coefficient (Wildman–Crippen LogP) is 4.69. The van der Waals surface area contributed by atoms with Crippen LogP contribution < -0.4 is 0 Å². The van der Waals surface area contributed by atoms with Crippen LogP contribution in [0.3, 0.4) is 0 Å². The number of unbranched alkanes of at least 4 members (excludes halogenated alkanes) is 4. The summed E-state index contributed by atoms with van der Waals surface area (Å²) in [5, 5.41) is 11.1. The van der Waals surface area contributed by atoms with E-state index in [4.69, 9.17) is 9.47 Å². The van der Waals surface area contributed by atoms with Crippen LogP contribution in [0.1, 0.15) is 84.6 Å². The van der Waals surface area contributed by atoms with E-state index in [1.165, 1.54) is 4.90 Å². The largest absolute Gasteiger partial charge is 0.461 e. The Morgan fingerprint density at radius 1 is 1.03 bits per heavy atom. The van der Waals surface area contributed by atoms with Crippen molar-refractivity contribution in [1.82, 2.24) is 4.90 Å². The lowest BCUT2D eigenvalue weighted by Crippen LogP contribution is -2.52. The van der Waals surface area contributed by atoms with Gasteiger partial charge in [0.1, 0.15) is 6.10 Å². The molecule has 1 aromatic rings. The molecule has 0 unspecified atom stereocenters. The van der Waals surface area contributed by atoms with Gasteiger partial charge >= 0.3 is 11.9 Å². The molecule has 1 saturated heterocycles. The molecule has 2 rings (SSSR count). The Labute approximate surface area is 216 Å². The second kappa shape index (κ2) is 15.0. The highest BCUT2D eigenvalue weighted by molar-refractivity contribution is 5.85. The summed E-state index contributed by atoms with van der Waals surface area (Å²) in [6.45, 7) is 7.78. The molecule has 1 amide bonds. The number of rotatable bonds is 10. The van der Waals surface area contributed by atoms with Crippen LogP contribution in [0.2, 0.25) is 0 Å². The summed E-state index contributed by atoms with van der Waals surface area (Å²) in [7, 11) is 1.60. The monoisotopic (exact) mass is 503 g/mol. The van der Waals surface area contributed by atoms with Gasteiger partial charge in [-0.3, -0.25) is 14.4 Å². The molecule has 0 aliphatic carbocycles. The number of likely N-dealkylation sites (N-methyl/N-ethyl adjacent to an activating group) is 1. The van der Waals surface area contributed by atoms with Gasteiger partial charge in [-0.15, -0.1) is 0 Å². The van der Waals surface area contributed by atoms with E-state index in [2.05, 4.69) is 6.92 Å². The molecule has 1 aliphatic rings. The minimum Gasteiger partial charge on any atom is -0.461 e. The van der Waals surface area contributed by atoms with E-state index in [1.807, 2.05) is 44.2 Å². The molecule has 1 aromatic carbocycles. The van der Waals surface area contributed by atoms with Crippen molar-refractivity contribution in [3.8, 4) is 0 Å². The molecule has 1 fully saturated rings. The van der Waals surface area contributed by atoms with Gasteiger partial charge in [0, 0.05) is 7.05 Å². The van der Waals surface area contributed by atoms with E-state index in [9.17, 15) is 19.5 Å². The zero-order chi connectivity index (χ0) is 26.7. The third-order valence-corrected chi connectivity index (χ3v) is 6.98. The number of benzene rings is 1. The topological polar surface area (TPSA) is 93.1 Å². The summed E-state index contributed by atoms with van der Waals surface area (Å²) in [4.78, 5) is 41.0. The van der Waals surface area contributed by atoms with Crippen molar-refractivity contribution in [2.75, 3.05) is 7.05 Å². The van der Waals surface area contributed by atoms with Gasteiger partial charge in [-0.05, 0) is 44.1 Å². The summed E-state index contributed by atoms with van der Waals surface area (Å²) in [5.41, 5.74) is 0.928. The summed E-state index contributed by atoms with van der Waals surface area (Å²) in [6.07, 6.45) is 3.46. The lowest BCUT2D eigenvalue weighted by molar-refractivity contribution is -0.175. The number of ether oxygens (including phenoxy) is 2. The number of nitrogens with zero attached hydrogens (tertiary/aromatic N) is 1. The Hall–Kier alpha value is -2.41. The normalized spacial score (nSPS) is 26.2. The third-order valence-electron chi connectivity index (χ3n) is 6.98. The van der Waals surface area contributed by atoms with E-state index in [1.54, 1.807) is 14.0 Å². The number of amides is 1. The number of cyclic esters (lactones) is 2. The highest BCUT2D eigenvalue weighted by Gasteiger charge is 2.38. The summed E-state index contributed by atoms with van der Waals surface area (Å²) < 4.78 is 11.5. The molecule has 7 heteroatoms. The van der Waals surface area contributed by atoms with E-state index < -0.39 is 42.2 Å². The summed E-state index contributed by atoms with van der Waals surface area (Å²) >= 11 is 0. The minimum absolute atomic E-state index is 0.119. The second-order valence-electron chi connectivity index (χ2n) is 10.6. The van der Waals surface area contributed by atoms with Crippen LogP contribution in [0.5, 0.6) is 0 Å². The Balaban J connectivity index is 2.32. The third kappa shape index (κ3) is 9.23. The van der Waals surface area contributed by atoms with Gasteiger partial charge in [0.2, 0.25) is 0 Å². The number of aliphatic hydroxyl groups is 1. The van der Waals surface area contributed by atoms with E-state index in [-0.39, 0.29) is 18.2 Å². The van der Waals surface area contributed by atoms with Crippen molar-refractivity contribution < 1.29 is 29.0 Å². The molecule has 0 bridgehead atoms. The standard InChI is InChI=1S/C29H45NO6/c1-6-7-8-9-13-16-25-21(4)29(34)36-26(17-20(2)3)28(33)30(5)23(24(31)19-27(32)35-25)18-22-14-11-10-12-15-22/h10-12,14-15,20-21,23-26,31H,6-9,13,16-19H2,1-5H3/t21-,23-,24+,25+,26-/m0/s1. The Bertz CT molecular complexity index is 826. The molecule has 0 radical (unpaired) electrons. The van der Waals surface area contributed by atoms with Crippen LogP contribution in [0.15, 0.2) is 30.3 Å². The molecule has 0 spiro atoms. The smallest absolute Gasteiger partial charge is 0.313 e. The second-order valence-corrected chi connectivity index (χ2v) is 10.6. The molecule has 7 nitrogen and oxygen atoms in total. The van der Waals surface area contributed by atoms with Gasteiger partial charge in [0.05, 0.1) is 24.5 Å². The summed E-state index contributed by atoms with van der Waals surface area (Å²) in [6, 6.07) is 8.84. The van der Waals surface area contributed by atoms with E-state index in [0.717, 1.165) is 37.7 Å². The predicted molar refractivity (Wildman–Crippen MR) is 139 cm³/mol. The average molecular weight is 504 g/mol. The fourth-order valence-corrected chi connectivity index (χ4v) is 4.69. The zero-order valence-electron chi connectivity index (χ0n) is 22.7. The maximum absolute atomic E-state index is 13.6. The molecular formula is C29H45NO6. The van der Waals surface area contributed by atoms with Crippen LogP contribution in [0.4, 0.5) is 0 Å². The first-order valence-electron chi connectivity index (χ1n) is 13.5. The fourth-order valence-electron chi connectivity index (χ4n) is 4.69. The van der Waals surface area contributed by atoms with Crippen molar-refractivity contribution >= 4 is 17.8 Å². The van der Waals surface area contributed by atoms with Crippen molar-refractivity contribution in [3.63, 3.8) is 0 Å². The number of esters is 2. The lowest BCUT2D eigenvalue weighted by Gasteiger charge is -2.36. The minimum atomic E-state index is -1.12. The van der Waals surface area contributed by atoms with Crippen molar-refractivity contribution in [2.24, 2.45) is 11.8 Å². The molecule has 1 N–H and O–H groups in total. The first kappa shape index (κ1) is 29.8. The highest BCUT2D eigenvalue weighted by atomic mass is 16.6. The van der Waals surface area contributed by atoms with Crippen LogP contribution >= 0.6 is 0 Å². The van der Waals surface area contributed by atoms with Crippen LogP contribution in [0.25, 0.3) is 0 Å². The van der Waals surface area contributed by atoms with Gasteiger partial charge in [-0.2, -0.15) is 0 Å². The van der Waals surface area contributed by atoms with Gasteiger partial charge in [-0.25, -0.2) is 0 Å². The molecule has 0 aromatic heterocycles. The lowest BCUT2D eigenvalue weighted by atomic mass is 9.95. The maximum Gasteiger partial charge on any atom is 0.313 e. The van der Waals surface area contributed by atoms with E-state index >= 15 is 0 Å². The SMILES string of the molecule is CCCCCCC[C@H]1OC(=O)C[C@@H](O)[C@H](Cc2ccccc2)N(C)C(=O)[C@H](CC(C)C)OC(=O)[C@H]1C. The van der Waals surface area contributed by atoms with Crippen molar-refractivity contribution in [2.45, 2.75) is 110 Å². The fraction of sp³-hybridized carbons (Fsp3) is 0.690. The Kier molecular flexibility index (Phi) is 12.4. The number of hydrogen-bond acceptors (Lipinski definition) is 6. The number of carbonyl (C=O) groups is 3. The van der Waals surface area contributed by atoms with Gasteiger partial charge in [-0.1, -0.05) is 76.8 Å². The maximum atomic E-state index is 13.6. The molecule has 1 aliphatic heterocycles. The van der Waals surface area contributed by atoms with E-state index in [0.29, 0.717) is 19.3 Å². The molecule has 202 valence electrons. The number of aliphatic hydroxyl groups excluding tert-OH is 1. The highest BCUT2D eigenvalue weighted by Crippen LogP contribution is 2.24. The Morgan fingerprint density at radius 2 is 1.69 bits per heavy atom. The average Bonchev–Trinajstić information content (AvgIpc) is 2.84. The first-order valence-corrected chi connectivity index (χ1v) is 13.5. The molecule has 1 heterocycles. The van der Waals surface area contributed by atoms with Crippen LogP contribution in [0, 0.1) is 11.8 Å². The van der Waals surface area contributed by atoms with Crippen LogP contribution in [-0.4, -0.2) is 59.3 Å². The zero-order valence-corrected chi connectivity index (χ0v) is 22.7. The molecule has 0 saturated carbocycles.